The van der Waals surface area contributed by atoms with E-state index in [1.54, 1.807) is 0 Å². The first kappa shape index (κ1) is 27.6. The Morgan fingerprint density at radius 1 is 1.26 bits per heavy atom. The highest BCUT2D eigenvalue weighted by Crippen LogP contribution is 2.31. The number of anilines is 1. The number of urea groups is 1. The summed E-state index contributed by atoms with van der Waals surface area (Å²) in [4.78, 5) is 26.1. The number of rotatable bonds is 13. The van der Waals surface area contributed by atoms with Crippen molar-refractivity contribution in [3.8, 4) is 5.88 Å². The van der Waals surface area contributed by atoms with Crippen LogP contribution in [0.5, 0.6) is 5.88 Å². The van der Waals surface area contributed by atoms with Gasteiger partial charge in [0, 0.05) is 13.1 Å². The van der Waals surface area contributed by atoms with E-state index in [1.165, 1.54) is 0 Å². The van der Waals surface area contributed by atoms with Gasteiger partial charge in [0.25, 0.3) is 5.91 Å². The molecule has 9 nitrogen and oxygen atoms in total. The average molecular weight is 524 g/mol. The van der Waals surface area contributed by atoms with Crippen molar-refractivity contribution in [1.82, 2.24) is 14.6 Å². The van der Waals surface area contributed by atoms with Crippen molar-refractivity contribution in [2.45, 2.75) is 26.4 Å². The minimum Gasteiger partial charge on any atom is -0.471 e. The molecule has 1 aromatic heterocycles. The number of unbranched alkanes of at least 4 members (excludes halogenated alkanes) is 1. The third kappa shape index (κ3) is 7.45. The molecule has 14 heteroatoms. The van der Waals surface area contributed by atoms with Gasteiger partial charge in [0.1, 0.15) is 23.0 Å². The number of aliphatic hydroxyl groups is 1. The maximum atomic E-state index is 14.0. The van der Waals surface area contributed by atoms with Gasteiger partial charge in [0.2, 0.25) is 5.88 Å². The number of likely N-dealkylation sites (N-methyl/N-ethyl adjacent to an activating group) is 1. The van der Waals surface area contributed by atoms with E-state index in [0.29, 0.717) is 37.1 Å². The first-order chi connectivity index (χ1) is 16.2. The van der Waals surface area contributed by atoms with Crippen LogP contribution in [0.4, 0.5) is 23.0 Å². The average Bonchev–Trinajstić information content (AvgIpc) is 3.18. The third-order valence-electron chi connectivity index (χ3n) is 4.75. The Morgan fingerprint density at radius 3 is 2.65 bits per heavy atom. The van der Waals surface area contributed by atoms with Gasteiger partial charge in [-0.3, -0.25) is 10.1 Å². The number of primary amides is 1. The summed E-state index contributed by atoms with van der Waals surface area (Å²) in [6.45, 7) is 3.81. The maximum absolute atomic E-state index is 14.0. The molecule has 0 spiro atoms. The fourth-order valence-electron chi connectivity index (χ4n) is 2.93. The summed E-state index contributed by atoms with van der Waals surface area (Å²) in [6, 6.07) is -0.0180. The normalized spacial score (nSPS) is 11.0. The lowest BCUT2D eigenvalue weighted by atomic mass is 10.2. The van der Waals surface area contributed by atoms with Gasteiger partial charge >= 0.3 is 6.03 Å². The van der Waals surface area contributed by atoms with Gasteiger partial charge in [-0.1, -0.05) is 18.5 Å². The van der Waals surface area contributed by atoms with E-state index >= 15 is 0 Å². The predicted molar refractivity (Wildman–Crippen MR) is 122 cm³/mol. The number of nitrogens with one attached hydrogen (secondary N) is 2. The van der Waals surface area contributed by atoms with Gasteiger partial charge in [-0.2, -0.15) is 4.37 Å². The van der Waals surface area contributed by atoms with Crippen molar-refractivity contribution in [3.63, 3.8) is 0 Å². The second-order valence-electron chi connectivity index (χ2n) is 7.04. The Kier molecular flexibility index (Phi) is 10.8. The summed E-state index contributed by atoms with van der Waals surface area (Å²) in [7, 11) is 0. The predicted octanol–water partition coefficient (Wildman–Crippen LogP) is 3.11. The molecule has 1 aromatic carbocycles. The zero-order valence-corrected chi connectivity index (χ0v) is 19.9. The molecule has 0 atom stereocenters. The van der Waals surface area contributed by atoms with Crippen LogP contribution >= 0.6 is 23.1 Å². The Labute approximate surface area is 203 Å². The van der Waals surface area contributed by atoms with Crippen LogP contribution in [0.25, 0.3) is 0 Å². The molecule has 0 aliphatic carbocycles. The number of nitrogens with two attached hydrogens (primary N) is 1. The summed E-state index contributed by atoms with van der Waals surface area (Å²) >= 11 is 6.07. The van der Waals surface area contributed by atoms with E-state index < -0.39 is 46.6 Å². The van der Waals surface area contributed by atoms with Crippen LogP contribution < -0.4 is 21.1 Å². The highest BCUT2D eigenvalue weighted by atomic mass is 35.5. The van der Waals surface area contributed by atoms with Crippen LogP contribution in [0.3, 0.4) is 0 Å². The van der Waals surface area contributed by atoms with Gasteiger partial charge in [-0.15, -0.1) is 0 Å². The number of halogens is 4. The van der Waals surface area contributed by atoms with Crippen molar-refractivity contribution in [2.75, 3.05) is 38.1 Å². The summed E-state index contributed by atoms with van der Waals surface area (Å²) in [5.41, 5.74) is 4.30. The SMILES string of the molecule is CCN(CCO)CCCCNC(=O)Nc1snc(OCc2c(F)cc(Cl)c(F)c2F)c1C(N)=O. The molecule has 0 saturated carbocycles. The molecule has 0 bridgehead atoms. The molecule has 188 valence electrons. The molecule has 0 aliphatic heterocycles. The largest absolute Gasteiger partial charge is 0.471 e. The molecule has 5 N–H and O–H groups in total. The fourth-order valence-corrected chi connectivity index (χ4v) is 3.85. The van der Waals surface area contributed by atoms with E-state index in [1.807, 2.05) is 6.92 Å². The highest BCUT2D eigenvalue weighted by molar-refractivity contribution is 7.11. The van der Waals surface area contributed by atoms with Gasteiger partial charge < -0.3 is 25.8 Å². The van der Waals surface area contributed by atoms with Crippen molar-refractivity contribution < 1.29 is 32.6 Å². The Bertz CT molecular complexity index is 1010. The number of ether oxygens (including phenoxy) is 1. The molecule has 34 heavy (non-hydrogen) atoms. The topological polar surface area (TPSA) is 130 Å². The number of aliphatic hydroxyl groups excluding tert-OH is 1. The quantitative estimate of drug-likeness (QED) is 0.181. The van der Waals surface area contributed by atoms with Crippen molar-refractivity contribution >= 4 is 40.1 Å². The minimum atomic E-state index is -1.53. The van der Waals surface area contributed by atoms with Gasteiger partial charge in [-0.05, 0) is 43.5 Å². The van der Waals surface area contributed by atoms with E-state index in [4.69, 9.17) is 27.2 Å². The van der Waals surface area contributed by atoms with Crippen LogP contribution in [0.1, 0.15) is 35.7 Å². The molecule has 0 fully saturated rings. The monoisotopic (exact) mass is 523 g/mol. The van der Waals surface area contributed by atoms with E-state index in [2.05, 4.69) is 19.9 Å². The molecular weight excluding hydrogens is 499 g/mol. The number of carbonyl (C=O) groups is 2. The standard InChI is InChI=1S/C20H25ClF3N5O4S/c1-2-29(7-8-30)6-4-3-5-26-20(32)27-19-14(17(25)31)18(28-34-19)33-10-11-13(22)9-12(21)16(24)15(11)23/h9,30H,2-8,10H2,1H3,(H2,25,31)(H2,26,27,32). The second-order valence-corrected chi connectivity index (χ2v) is 8.22. The maximum Gasteiger partial charge on any atom is 0.319 e. The van der Waals surface area contributed by atoms with Crippen molar-refractivity contribution in [2.24, 2.45) is 5.73 Å². The van der Waals surface area contributed by atoms with E-state index in [0.717, 1.165) is 19.5 Å². The molecule has 3 amide bonds. The number of hydrogen-bond donors (Lipinski definition) is 4. The molecule has 2 rings (SSSR count). The van der Waals surface area contributed by atoms with E-state index in [-0.39, 0.29) is 23.1 Å². The van der Waals surface area contributed by atoms with Crippen LogP contribution in [0.15, 0.2) is 6.07 Å². The van der Waals surface area contributed by atoms with Gasteiger partial charge in [-0.25, -0.2) is 18.0 Å². The first-order valence-corrected chi connectivity index (χ1v) is 11.5. The first-order valence-electron chi connectivity index (χ1n) is 10.3. The lowest BCUT2D eigenvalue weighted by Crippen LogP contribution is -2.31. The molecule has 0 saturated heterocycles. The number of hydrogen-bond acceptors (Lipinski definition) is 7. The highest BCUT2D eigenvalue weighted by Gasteiger charge is 2.24. The zero-order valence-electron chi connectivity index (χ0n) is 18.3. The summed E-state index contributed by atoms with van der Waals surface area (Å²) in [5, 5.41) is 13.3. The van der Waals surface area contributed by atoms with Crippen LogP contribution in [0.2, 0.25) is 5.02 Å². The fraction of sp³-hybridized carbons (Fsp3) is 0.450. The zero-order chi connectivity index (χ0) is 25.3. The summed E-state index contributed by atoms with van der Waals surface area (Å²) < 4.78 is 50.6. The molecule has 0 unspecified atom stereocenters. The number of benzene rings is 1. The van der Waals surface area contributed by atoms with Gasteiger partial charge in [0.05, 0.1) is 17.2 Å². The molecular formula is C20H25ClF3N5O4S. The molecule has 0 radical (unpaired) electrons. The number of aromatic nitrogens is 1. The Morgan fingerprint density at radius 2 is 2.00 bits per heavy atom. The number of nitrogens with zero attached hydrogens (tertiary/aromatic N) is 2. The van der Waals surface area contributed by atoms with Crippen LogP contribution in [-0.4, -0.2) is 59.1 Å². The van der Waals surface area contributed by atoms with Crippen LogP contribution in [0, 0.1) is 17.5 Å². The lowest BCUT2D eigenvalue weighted by molar-refractivity contribution is 0.0996. The summed E-state index contributed by atoms with van der Waals surface area (Å²) in [6.07, 6.45) is 1.49. The lowest BCUT2D eigenvalue weighted by Gasteiger charge is -2.18. The van der Waals surface area contributed by atoms with Crippen LogP contribution in [-0.2, 0) is 6.61 Å². The smallest absolute Gasteiger partial charge is 0.319 e. The number of amides is 3. The van der Waals surface area contributed by atoms with Gasteiger partial charge in [0.15, 0.2) is 11.6 Å². The Hall–Kier alpha value is -2.61. The molecule has 1 heterocycles. The number of carbonyl (C=O) groups excluding carboxylic acids is 2. The Balaban J connectivity index is 1.94. The van der Waals surface area contributed by atoms with Crippen molar-refractivity contribution in [1.29, 1.82) is 0 Å². The molecule has 0 aliphatic rings. The molecule has 2 aromatic rings. The minimum absolute atomic E-state index is 0.0247. The van der Waals surface area contributed by atoms with Crippen molar-refractivity contribution in [3.05, 3.63) is 39.7 Å². The third-order valence-corrected chi connectivity index (χ3v) is 5.77. The second kappa shape index (κ2) is 13.3. The summed E-state index contributed by atoms with van der Waals surface area (Å²) in [5.74, 6) is -5.48. The van der Waals surface area contributed by atoms with E-state index in [9.17, 15) is 22.8 Å².